The maximum Gasteiger partial charge on any atom is 0.302 e. The molecule has 1 aliphatic carbocycles. The van der Waals surface area contributed by atoms with Gasteiger partial charge in [-0.05, 0) is 66.5 Å². The quantitative estimate of drug-likeness (QED) is 0.299. The van der Waals surface area contributed by atoms with E-state index < -0.39 is 6.04 Å². The Morgan fingerprint density at radius 2 is 1.71 bits per heavy atom. The van der Waals surface area contributed by atoms with Crippen LogP contribution in [0.2, 0.25) is 0 Å². The van der Waals surface area contributed by atoms with Gasteiger partial charge in [0, 0.05) is 53.8 Å². The lowest BCUT2D eigenvalue weighted by molar-refractivity contribution is -0.146. The van der Waals surface area contributed by atoms with Crippen LogP contribution in [0.4, 0.5) is 5.69 Å². The number of hydrogen-bond acceptors (Lipinski definition) is 6. The van der Waals surface area contributed by atoms with Gasteiger partial charge in [-0.3, -0.25) is 14.4 Å². The third kappa shape index (κ3) is 5.57. The number of anilines is 1. The van der Waals surface area contributed by atoms with Gasteiger partial charge in [-0.1, -0.05) is 54.6 Å². The highest BCUT2D eigenvalue weighted by Crippen LogP contribution is 2.35. The van der Waals surface area contributed by atoms with Gasteiger partial charge in [0.1, 0.15) is 12.1 Å². The molecule has 206 valence electrons. The van der Waals surface area contributed by atoms with Crippen molar-refractivity contribution < 1.29 is 19.1 Å². The Kier molecular flexibility index (Phi) is 7.25. The van der Waals surface area contributed by atoms with Gasteiger partial charge >= 0.3 is 5.97 Å². The third-order valence-corrected chi connectivity index (χ3v) is 7.67. The molecule has 2 unspecified atom stereocenters. The molecule has 0 fully saturated rings. The lowest BCUT2D eigenvalue weighted by Gasteiger charge is -2.32. The van der Waals surface area contributed by atoms with E-state index in [1.165, 1.54) is 6.92 Å². The average Bonchev–Trinajstić information content (AvgIpc) is 3.39. The van der Waals surface area contributed by atoms with Gasteiger partial charge in [0.25, 0.3) is 5.91 Å². The maximum atomic E-state index is 13.7. The molecule has 0 saturated carbocycles. The summed E-state index contributed by atoms with van der Waals surface area (Å²) in [4.78, 5) is 40.6. The van der Waals surface area contributed by atoms with Crippen molar-refractivity contribution in [2.45, 2.75) is 38.3 Å². The predicted molar refractivity (Wildman–Crippen MR) is 158 cm³/mol. The van der Waals surface area contributed by atoms with Crippen molar-refractivity contribution in [3.63, 3.8) is 0 Å². The van der Waals surface area contributed by atoms with Crippen molar-refractivity contribution in [3.8, 4) is 11.1 Å². The van der Waals surface area contributed by atoms with Crippen LogP contribution in [0.1, 0.15) is 46.9 Å². The molecule has 0 spiro atoms. The summed E-state index contributed by atoms with van der Waals surface area (Å²) in [6, 6.07) is 23.8. The minimum atomic E-state index is -0.536. The number of benzene rings is 3. The molecule has 2 heterocycles. The van der Waals surface area contributed by atoms with Crippen LogP contribution in [0, 0.1) is 0 Å². The monoisotopic (exact) mass is 545 g/mol. The highest BCUT2D eigenvalue weighted by molar-refractivity contribution is 6.09. The van der Waals surface area contributed by atoms with E-state index in [2.05, 4.69) is 21.6 Å². The van der Waals surface area contributed by atoms with Gasteiger partial charge in [0.2, 0.25) is 0 Å². The zero-order valence-electron chi connectivity index (χ0n) is 22.8. The molecule has 6 rings (SSSR count). The van der Waals surface area contributed by atoms with Gasteiger partial charge in [-0.25, -0.2) is 0 Å². The van der Waals surface area contributed by atoms with Crippen LogP contribution in [0.3, 0.4) is 0 Å². The highest BCUT2D eigenvalue weighted by atomic mass is 16.5. The number of Topliss-reactive ketones (excluding diaryl/α,β-unsaturated/α-hetero) is 1. The number of nitrogens with one attached hydrogen (secondary N) is 2. The maximum absolute atomic E-state index is 13.7. The number of esters is 1. The molecule has 0 radical (unpaired) electrons. The van der Waals surface area contributed by atoms with E-state index in [0.29, 0.717) is 36.1 Å². The van der Waals surface area contributed by atoms with E-state index in [1.54, 1.807) is 24.3 Å². The lowest BCUT2D eigenvalue weighted by atomic mass is 9.96. The number of ketones is 1. The first-order valence-corrected chi connectivity index (χ1v) is 13.9. The second-order valence-corrected chi connectivity index (χ2v) is 10.4. The fourth-order valence-electron chi connectivity index (χ4n) is 5.73. The standard InChI is InChI=1S/C34H31N3O4/c1-22(38)41-27-17-18-30-32(21-27)37-19-7-10-26(37)20-31(36-30)33(39)24-13-15-25(16-14-24)35-34(40)29-12-6-5-11-28(29)23-8-3-2-4-9-23/h2-16,20,27,31,36H,17-19,21H2,1H3,(H,35,40). The molecule has 7 nitrogen and oxygen atoms in total. The zero-order chi connectivity index (χ0) is 28.3. The Hall–Kier alpha value is -4.91. The number of allylic oxidation sites excluding steroid dienone is 2. The second kappa shape index (κ2) is 11.3. The molecule has 2 atom stereocenters. The first-order chi connectivity index (χ1) is 20.0. The molecular weight excluding hydrogens is 514 g/mol. The lowest BCUT2D eigenvalue weighted by Crippen LogP contribution is -2.37. The molecule has 2 aliphatic heterocycles. The molecular formula is C34H31N3O4. The fraction of sp³-hybridized carbons (Fsp3) is 0.206. The second-order valence-electron chi connectivity index (χ2n) is 10.4. The zero-order valence-corrected chi connectivity index (χ0v) is 22.8. The van der Waals surface area contributed by atoms with E-state index in [0.717, 1.165) is 34.8 Å². The first-order valence-electron chi connectivity index (χ1n) is 13.9. The smallest absolute Gasteiger partial charge is 0.302 e. The Bertz CT molecular complexity index is 1590. The largest absolute Gasteiger partial charge is 0.462 e. The first kappa shape index (κ1) is 26.3. The topological polar surface area (TPSA) is 87.7 Å². The van der Waals surface area contributed by atoms with E-state index in [1.807, 2.05) is 66.7 Å². The number of nitrogens with zero attached hydrogens (tertiary/aromatic N) is 1. The van der Waals surface area contributed by atoms with Crippen molar-refractivity contribution in [1.82, 2.24) is 10.2 Å². The van der Waals surface area contributed by atoms with Gasteiger partial charge in [-0.15, -0.1) is 0 Å². The van der Waals surface area contributed by atoms with Crippen molar-refractivity contribution in [2.24, 2.45) is 0 Å². The van der Waals surface area contributed by atoms with Crippen molar-refractivity contribution in [3.05, 3.63) is 125 Å². The minimum Gasteiger partial charge on any atom is -0.462 e. The molecule has 0 saturated heterocycles. The van der Waals surface area contributed by atoms with Crippen molar-refractivity contribution >= 4 is 23.3 Å². The summed E-state index contributed by atoms with van der Waals surface area (Å²) in [5.74, 6) is -0.541. The highest BCUT2D eigenvalue weighted by Gasteiger charge is 2.33. The number of fused-ring (bicyclic) bond motifs is 2. The predicted octanol–water partition coefficient (Wildman–Crippen LogP) is 5.84. The van der Waals surface area contributed by atoms with Crippen LogP contribution in [-0.2, 0) is 9.53 Å². The summed E-state index contributed by atoms with van der Waals surface area (Å²) in [6.45, 7) is 2.16. The summed E-state index contributed by atoms with van der Waals surface area (Å²) in [7, 11) is 0. The molecule has 7 heteroatoms. The number of hydrogen-bond donors (Lipinski definition) is 2. The average molecular weight is 546 g/mol. The number of amides is 1. The Morgan fingerprint density at radius 1 is 0.951 bits per heavy atom. The number of rotatable bonds is 6. The van der Waals surface area contributed by atoms with Crippen LogP contribution < -0.4 is 10.6 Å². The Morgan fingerprint density at radius 3 is 2.49 bits per heavy atom. The third-order valence-electron chi connectivity index (χ3n) is 7.67. The summed E-state index contributed by atoms with van der Waals surface area (Å²) in [5, 5.41) is 6.45. The van der Waals surface area contributed by atoms with Crippen molar-refractivity contribution in [1.29, 1.82) is 0 Å². The number of ether oxygens (including phenoxy) is 1. The van der Waals surface area contributed by atoms with Gasteiger partial charge in [0.05, 0.1) is 0 Å². The van der Waals surface area contributed by atoms with Crippen molar-refractivity contribution in [2.75, 3.05) is 11.9 Å². The van der Waals surface area contributed by atoms with Gasteiger partial charge in [0.15, 0.2) is 5.78 Å². The Balaban J connectivity index is 1.18. The molecule has 1 amide bonds. The van der Waals surface area contributed by atoms with E-state index >= 15 is 0 Å². The molecule has 3 aromatic rings. The fourth-order valence-corrected chi connectivity index (χ4v) is 5.73. The minimum absolute atomic E-state index is 0.0547. The number of carbonyl (C=O) groups is 3. The van der Waals surface area contributed by atoms with Crippen LogP contribution in [0.15, 0.2) is 114 Å². The summed E-state index contributed by atoms with van der Waals surface area (Å²) >= 11 is 0. The molecule has 41 heavy (non-hydrogen) atoms. The van der Waals surface area contributed by atoms with Gasteiger partial charge in [-0.2, -0.15) is 0 Å². The molecule has 3 aromatic carbocycles. The molecule has 2 N–H and O–H groups in total. The summed E-state index contributed by atoms with van der Waals surface area (Å²) in [6.07, 6.45) is 7.93. The summed E-state index contributed by atoms with van der Waals surface area (Å²) in [5.41, 5.74) is 6.62. The van der Waals surface area contributed by atoms with E-state index in [4.69, 9.17) is 4.74 Å². The SMILES string of the molecule is CC(=O)OC1CCC2=C(C1)N1CC=CC1=CC(C(=O)c1ccc(NC(=O)c3ccccc3-c3ccccc3)cc1)N2. The van der Waals surface area contributed by atoms with Crippen LogP contribution >= 0.6 is 0 Å². The number of carbonyl (C=O) groups excluding carboxylic acids is 3. The van der Waals surface area contributed by atoms with Crippen LogP contribution in [0.5, 0.6) is 0 Å². The van der Waals surface area contributed by atoms with E-state index in [-0.39, 0.29) is 23.8 Å². The molecule has 0 aromatic heterocycles. The van der Waals surface area contributed by atoms with E-state index in [9.17, 15) is 14.4 Å². The Labute approximate surface area is 239 Å². The normalized spacial score (nSPS) is 19.3. The van der Waals surface area contributed by atoms with Crippen LogP contribution in [0.25, 0.3) is 11.1 Å². The van der Waals surface area contributed by atoms with Gasteiger partial charge < -0.3 is 20.3 Å². The molecule has 0 bridgehead atoms. The summed E-state index contributed by atoms with van der Waals surface area (Å²) < 4.78 is 5.50. The van der Waals surface area contributed by atoms with Crippen LogP contribution in [-0.4, -0.2) is 41.3 Å². The molecule has 3 aliphatic rings.